The third-order valence-corrected chi connectivity index (χ3v) is 6.62. The number of anilines is 6. The summed E-state index contributed by atoms with van der Waals surface area (Å²) < 4.78 is 67.8. The van der Waals surface area contributed by atoms with E-state index < -0.39 is 42.0 Å². The largest absolute Gasteiger partial charge is 1.00 e. The van der Waals surface area contributed by atoms with Crippen LogP contribution in [0.15, 0.2) is 46.2 Å². The molecule has 0 spiro atoms. The molecule has 208 valence electrons. The van der Waals surface area contributed by atoms with Gasteiger partial charge < -0.3 is 32.3 Å². The second-order valence-corrected chi connectivity index (χ2v) is 10.4. The Labute approximate surface area is 281 Å². The minimum absolute atomic E-state index is 0. The first-order valence-electron chi connectivity index (χ1n) is 10.5. The first-order chi connectivity index (χ1) is 18.7. The van der Waals surface area contributed by atoms with Gasteiger partial charge in [-0.1, -0.05) is 24.3 Å². The molecular weight excluding hydrogens is 618 g/mol. The molecule has 42 heavy (non-hydrogen) atoms. The van der Waals surface area contributed by atoms with Gasteiger partial charge in [0.1, 0.15) is 9.79 Å². The van der Waals surface area contributed by atoms with E-state index in [1.807, 2.05) is 0 Å². The third-order valence-electron chi connectivity index (χ3n) is 4.80. The Kier molecular flexibility index (Phi) is 11.6. The molecule has 2 aromatic heterocycles. The molecule has 0 atom stereocenters. The molecule has 2 heterocycles. The summed E-state index contributed by atoms with van der Waals surface area (Å²) in [6.45, 7) is 0. The number of benzene rings is 2. The van der Waals surface area contributed by atoms with E-state index in [2.05, 4.69) is 40.5 Å². The van der Waals surface area contributed by atoms with Crippen LogP contribution in [-0.4, -0.2) is 55.8 Å². The summed E-state index contributed by atoms with van der Waals surface area (Å²) in [4.78, 5) is 19.7. The van der Waals surface area contributed by atoms with E-state index in [9.17, 15) is 36.2 Å². The number of hydrogen-bond donors (Lipinski definition) is 6. The maximum Gasteiger partial charge on any atom is 1.00 e. The molecule has 0 unspecified atom stereocenters. The summed E-state index contributed by atoms with van der Waals surface area (Å²) in [5.41, 5.74) is 10.7. The van der Waals surface area contributed by atoms with E-state index in [1.54, 1.807) is 0 Å². The number of nitrogens with zero attached hydrogens (tertiary/aromatic N) is 6. The summed E-state index contributed by atoms with van der Waals surface area (Å²) in [5, 5.41) is 28.0. The van der Waals surface area contributed by atoms with Crippen LogP contribution in [0.5, 0.6) is 12.0 Å². The molecule has 0 saturated heterocycles. The Bertz CT molecular complexity index is 1700. The summed E-state index contributed by atoms with van der Waals surface area (Å²) in [6, 6.07) is 5.32. The quantitative estimate of drug-likeness (QED) is 0.0596. The monoisotopic (exact) mass is 634 g/mol. The molecule has 18 nitrogen and oxygen atoms in total. The van der Waals surface area contributed by atoms with Crippen LogP contribution in [0, 0.1) is 0 Å². The van der Waals surface area contributed by atoms with Crippen LogP contribution in [0.4, 0.5) is 35.2 Å². The standard InChI is InChI=1S/C20H18N10O8S2.2Na/c21-15-25-17(29-19(31)27-15)23-11-5-3-9(13(7-11)39(33,34)35)1-2-10-4-6-12(8-14(10)40(36,37)38)24-18-26-16(22)28-20(32)30-18;;/h1-8H,(H,33,34,35)(H,36,37,38)(H4,21,23,25,27,29,31)(H4,22,24,26,28,30,32);;/q;2*+1/p-2/b2-1+;;. The van der Waals surface area contributed by atoms with Gasteiger partial charge in [0.15, 0.2) is 0 Å². The summed E-state index contributed by atoms with van der Waals surface area (Å²) in [7, 11) is -9.64. The molecule has 22 heteroatoms. The van der Waals surface area contributed by atoms with Gasteiger partial charge in [-0.25, -0.2) is 19.9 Å². The molecule has 0 aliphatic rings. The van der Waals surface area contributed by atoms with Crippen LogP contribution in [0.3, 0.4) is 0 Å². The molecule has 0 aliphatic carbocycles. The number of hydrogen-bond acceptors (Lipinski definition) is 16. The van der Waals surface area contributed by atoms with Crippen molar-refractivity contribution in [1.29, 1.82) is 0 Å². The molecule has 0 fully saturated rings. The Hall–Kier alpha value is -3.18. The predicted octanol–water partition coefficient (Wildman–Crippen LogP) is -6.47. The third kappa shape index (κ3) is 9.16. The van der Waals surface area contributed by atoms with Gasteiger partial charge in [0.05, 0.1) is 12.0 Å². The normalized spacial score (nSPS) is 11.4. The molecule has 0 radical (unpaired) electrons. The SMILES string of the molecule is Nc1nc([O-])nc(Nc2ccc(/C=C/c3ccc(Nc4nc(N)nc([O-])n4)cc3S(=O)(=O)O)c(S(=O)(=O)O)c2)n1.[Na+].[Na+]. The van der Waals surface area contributed by atoms with Gasteiger partial charge in [-0.05, 0) is 35.4 Å². The zero-order valence-corrected chi connectivity index (χ0v) is 27.3. The van der Waals surface area contributed by atoms with E-state index >= 15 is 0 Å². The molecule has 2 aromatic carbocycles. The fourth-order valence-corrected chi connectivity index (χ4v) is 4.66. The number of rotatable bonds is 8. The van der Waals surface area contributed by atoms with Crippen LogP contribution < -0.4 is 91.4 Å². The minimum Gasteiger partial charge on any atom is -0.844 e. The number of aromatic nitrogens is 6. The zero-order valence-electron chi connectivity index (χ0n) is 21.6. The first-order valence-corrected chi connectivity index (χ1v) is 13.4. The topological polar surface area (TPSA) is 308 Å². The van der Waals surface area contributed by atoms with Gasteiger partial charge >= 0.3 is 59.1 Å². The van der Waals surface area contributed by atoms with Gasteiger partial charge in [-0.15, -0.1) is 0 Å². The Morgan fingerprint density at radius 3 is 1.31 bits per heavy atom. The number of nitrogens with two attached hydrogens (primary N) is 2. The van der Waals surface area contributed by atoms with Crippen LogP contribution >= 0.6 is 0 Å². The van der Waals surface area contributed by atoms with Crippen molar-refractivity contribution in [3.63, 3.8) is 0 Å². The summed E-state index contributed by atoms with van der Waals surface area (Å²) in [5.74, 6) is -1.30. The van der Waals surface area contributed by atoms with Crippen LogP contribution in [-0.2, 0) is 20.2 Å². The van der Waals surface area contributed by atoms with Crippen molar-refractivity contribution in [2.24, 2.45) is 0 Å². The van der Waals surface area contributed by atoms with E-state index in [0.29, 0.717) is 0 Å². The Morgan fingerprint density at radius 2 is 1.00 bits per heavy atom. The number of nitrogens with one attached hydrogen (secondary N) is 2. The van der Waals surface area contributed by atoms with Crippen molar-refractivity contribution >= 4 is 67.6 Å². The first kappa shape index (κ1) is 35.0. The second kappa shape index (κ2) is 13.9. The fourth-order valence-electron chi connectivity index (χ4n) is 3.24. The van der Waals surface area contributed by atoms with Crippen molar-refractivity contribution < 1.29 is 95.3 Å². The maximum absolute atomic E-state index is 12.1. The summed E-state index contributed by atoms with van der Waals surface area (Å²) >= 11 is 0. The van der Waals surface area contributed by atoms with Crippen molar-refractivity contribution in [3.05, 3.63) is 47.5 Å². The van der Waals surface area contributed by atoms with Crippen molar-refractivity contribution in [3.8, 4) is 12.0 Å². The molecular formula is C20H16N10Na2O8S2. The fraction of sp³-hybridized carbons (Fsp3) is 0. The average Bonchev–Trinajstić information content (AvgIpc) is 2.81. The maximum atomic E-state index is 12.1. The number of nitrogen functional groups attached to an aromatic ring is 2. The summed E-state index contributed by atoms with van der Waals surface area (Å²) in [6.07, 6.45) is 2.33. The zero-order chi connectivity index (χ0) is 29.2. The Morgan fingerprint density at radius 1 is 0.643 bits per heavy atom. The van der Waals surface area contributed by atoms with Gasteiger partial charge in [-0.3, -0.25) is 9.11 Å². The van der Waals surface area contributed by atoms with Crippen molar-refractivity contribution in [2.45, 2.75) is 9.79 Å². The van der Waals surface area contributed by atoms with Gasteiger partial charge in [0.25, 0.3) is 20.2 Å². The van der Waals surface area contributed by atoms with E-state index in [4.69, 9.17) is 11.5 Å². The molecule has 4 aromatic rings. The Balaban J connectivity index is 0.00000308. The van der Waals surface area contributed by atoms with E-state index in [0.717, 1.165) is 24.3 Å². The van der Waals surface area contributed by atoms with Gasteiger partial charge in [-0.2, -0.15) is 26.8 Å². The van der Waals surface area contributed by atoms with Crippen LogP contribution in [0.25, 0.3) is 12.2 Å². The average molecular weight is 635 g/mol. The van der Waals surface area contributed by atoms with Crippen molar-refractivity contribution in [2.75, 3.05) is 22.1 Å². The van der Waals surface area contributed by atoms with E-state index in [-0.39, 0.29) is 105 Å². The molecule has 4 rings (SSSR count). The molecule has 8 N–H and O–H groups in total. The van der Waals surface area contributed by atoms with Gasteiger partial charge in [0.2, 0.25) is 23.8 Å². The van der Waals surface area contributed by atoms with Gasteiger partial charge in [0, 0.05) is 11.4 Å². The van der Waals surface area contributed by atoms with Crippen LogP contribution in [0.2, 0.25) is 0 Å². The molecule has 0 saturated carbocycles. The second-order valence-electron chi connectivity index (χ2n) is 7.64. The molecule has 0 amide bonds. The van der Waals surface area contributed by atoms with Crippen molar-refractivity contribution in [1.82, 2.24) is 29.9 Å². The van der Waals surface area contributed by atoms with E-state index in [1.165, 1.54) is 24.3 Å². The van der Waals surface area contributed by atoms with Crippen LogP contribution in [0.1, 0.15) is 11.1 Å². The smallest absolute Gasteiger partial charge is 0.844 e. The minimum atomic E-state index is -4.82. The molecule has 0 aliphatic heterocycles. The molecule has 0 bridgehead atoms. The predicted molar refractivity (Wildman–Crippen MR) is 135 cm³/mol.